The van der Waals surface area contributed by atoms with Gasteiger partial charge in [-0.05, 0) is 63.1 Å². The van der Waals surface area contributed by atoms with Crippen molar-refractivity contribution in [3.63, 3.8) is 0 Å². The van der Waals surface area contributed by atoms with Crippen LogP contribution >= 0.6 is 11.6 Å². The van der Waals surface area contributed by atoms with Crippen molar-refractivity contribution in [2.45, 2.75) is 44.9 Å². The summed E-state index contributed by atoms with van der Waals surface area (Å²) in [5.74, 6) is -1.07. The Kier molecular flexibility index (Phi) is 8.44. The van der Waals surface area contributed by atoms with E-state index in [-0.39, 0.29) is 43.9 Å². The van der Waals surface area contributed by atoms with Crippen molar-refractivity contribution in [2.75, 3.05) is 31.6 Å². The molecule has 37 heavy (non-hydrogen) atoms. The maximum atomic E-state index is 14.6. The van der Waals surface area contributed by atoms with Gasteiger partial charge in [-0.2, -0.15) is 5.26 Å². The summed E-state index contributed by atoms with van der Waals surface area (Å²) in [4.78, 5) is 43.2. The summed E-state index contributed by atoms with van der Waals surface area (Å²) in [6, 6.07) is 12.8. The molecule has 0 aliphatic carbocycles. The molecule has 0 radical (unpaired) electrons. The maximum Gasteiger partial charge on any atom is 0.410 e. The van der Waals surface area contributed by atoms with E-state index in [9.17, 15) is 18.8 Å². The second kappa shape index (κ2) is 11.2. The molecule has 1 aliphatic heterocycles. The zero-order chi connectivity index (χ0) is 27.4. The van der Waals surface area contributed by atoms with Gasteiger partial charge in [0.2, 0.25) is 5.91 Å². The largest absolute Gasteiger partial charge is 0.444 e. The van der Waals surface area contributed by atoms with E-state index in [1.807, 2.05) is 6.07 Å². The number of carbonyl (C=O) groups is 3. The number of nitrogens with zero attached hydrogens (tertiary/aromatic N) is 4. The quantitative estimate of drug-likeness (QED) is 0.495. The van der Waals surface area contributed by atoms with Gasteiger partial charge in [-0.1, -0.05) is 23.7 Å². The third kappa shape index (κ3) is 6.77. The fourth-order valence-corrected chi connectivity index (χ4v) is 4.33. The fraction of sp³-hybridized carbons (Fsp3) is 0.407. The van der Waals surface area contributed by atoms with E-state index >= 15 is 0 Å². The third-order valence-corrected chi connectivity index (χ3v) is 6.36. The van der Waals surface area contributed by atoms with Crippen molar-refractivity contribution in [3.8, 4) is 6.07 Å². The number of aldehydes is 1. The zero-order valence-electron chi connectivity index (χ0n) is 21.3. The summed E-state index contributed by atoms with van der Waals surface area (Å²) in [5.41, 5.74) is -0.963. The molecule has 2 amide bonds. The Hall–Kier alpha value is -3.64. The number of amides is 2. The highest BCUT2D eigenvalue weighted by Gasteiger charge is 2.47. The highest BCUT2D eigenvalue weighted by molar-refractivity contribution is 6.30. The molecule has 2 aromatic rings. The first-order chi connectivity index (χ1) is 17.4. The molecule has 8 nitrogen and oxygen atoms in total. The zero-order valence-corrected chi connectivity index (χ0v) is 22.1. The molecule has 0 bridgehead atoms. The summed E-state index contributed by atoms with van der Waals surface area (Å²) in [7, 11) is 1.55. The van der Waals surface area contributed by atoms with Crippen LogP contribution in [-0.4, -0.2) is 65.9 Å². The normalized spacial score (nSPS) is 17.2. The van der Waals surface area contributed by atoms with E-state index in [0.717, 1.165) is 11.6 Å². The monoisotopic (exact) mass is 528 g/mol. The maximum absolute atomic E-state index is 14.6. The van der Waals surface area contributed by atoms with E-state index in [2.05, 4.69) is 0 Å². The highest BCUT2D eigenvalue weighted by Crippen LogP contribution is 2.30. The Morgan fingerprint density at radius 1 is 1.24 bits per heavy atom. The number of rotatable bonds is 7. The molecular weight excluding hydrogens is 499 g/mol. The number of hydrogen-bond acceptors (Lipinski definition) is 6. The second-order valence-electron chi connectivity index (χ2n) is 10.1. The van der Waals surface area contributed by atoms with Crippen LogP contribution in [0, 0.1) is 17.1 Å². The van der Waals surface area contributed by atoms with Gasteiger partial charge >= 0.3 is 6.09 Å². The predicted molar refractivity (Wildman–Crippen MR) is 138 cm³/mol. The van der Waals surface area contributed by atoms with Crippen LogP contribution in [0.5, 0.6) is 0 Å². The number of ether oxygens (including phenoxy) is 1. The molecule has 3 rings (SSSR count). The molecule has 0 saturated carbocycles. The number of anilines is 1. The van der Waals surface area contributed by atoms with E-state index in [4.69, 9.17) is 21.6 Å². The Balaban J connectivity index is 1.89. The number of halogens is 2. The van der Waals surface area contributed by atoms with Gasteiger partial charge in [0.1, 0.15) is 23.2 Å². The van der Waals surface area contributed by atoms with Gasteiger partial charge in [0, 0.05) is 25.2 Å². The molecule has 1 fully saturated rings. The van der Waals surface area contributed by atoms with Crippen LogP contribution < -0.4 is 4.90 Å². The van der Waals surface area contributed by atoms with Gasteiger partial charge < -0.3 is 24.2 Å². The highest BCUT2D eigenvalue weighted by atomic mass is 35.5. The molecule has 1 atom stereocenters. The lowest BCUT2D eigenvalue weighted by Crippen LogP contribution is -2.56. The van der Waals surface area contributed by atoms with E-state index in [0.29, 0.717) is 11.3 Å². The third-order valence-electron chi connectivity index (χ3n) is 6.10. The fourth-order valence-electron chi connectivity index (χ4n) is 4.21. The average Bonchev–Trinajstić information content (AvgIpc) is 3.28. The number of hydrogen-bond donors (Lipinski definition) is 0. The Morgan fingerprint density at radius 3 is 2.49 bits per heavy atom. The van der Waals surface area contributed by atoms with Gasteiger partial charge in [-0.15, -0.1) is 0 Å². The first-order valence-electron chi connectivity index (χ1n) is 11.8. The van der Waals surface area contributed by atoms with Gasteiger partial charge in [0.25, 0.3) is 0 Å². The number of carbonyl (C=O) groups excluding carboxylic acids is 3. The van der Waals surface area contributed by atoms with Crippen molar-refractivity contribution in [2.24, 2.45) is 0 Å². The number of nitriles is 1. The Bertz CT molecular complexity index is 1210. The molecule has 1 saturated heterocycles. The van der Waals surface area contributed by atoms with Crippen LogP contribution in [0.4, 0.5) is 14.9 Å². The summed E-state index contributed by atoms with van der Waals surface area (Å²) in [6.45, 7) is 5.31. The van der Waals surface area contributed by atoms with Crippen LogP contribution in [0.25, 0.3) is 0 Å². The van der Waals surface area contributed by atoms with Crippen LogP contribution in [-0.2, 0) is 20.9 Å². The van der Waals surface area contributed by atoms with Gasteiger partial charge in [0.05, 0.1) is 30.4 Å². The summed E-state index contributed by atoms with van der Waals surface area (Å²) in [6.07, 6.45) is 0.365. The number of likely N-dealkylation sites (tertiary alicyclic amines) is 1. The van der Waals surface area contributed by atoms with Gasteiger partial charge in [-0.25, -0.2) is 9.18 Å². The molecule has 0 spiro atoms. The molecule has 1 unspecified atom stereocenters. The molecular formula is C27H30ClFN4O4. The first-order valence-corrected chi connectivity index (χ1v) is 12.2. The number of benzene rings is 2. The Labute approximate surface area is 221 Å². The minimum Gasteiger partial charge on any atom is -0.444 e. The lowest BCUT2D eigenvalue weighted by atomic mass is 9.96. The summed E-state index contributed by atoms with van der Waals surface area (Å²) >= 11 is 6.02. The topological polar surface area (TPSA) is 94.0 Å². The minimum absolute atomic E-state index is 0.0281. The number of likely N-dealkylation sites (N-methyl/N-ethyl adjacent to an activating group) is 1. The Morgan fingerprint density at radius 2 is 1.92 bits per heavy atom. The smallest absolute Gasteiger partial charge is 0.410 e. The van der Waals surface area contributed by atoms with E-state index < -0.39 is 29.0 Å². The van der Waals surface area contributed by atoms with Crippen LogP contribution in [0.3, 0.4) is 0 Å². The van der Waals surface area contributed by atoms with Crippen molar-refractivity contribution in [1.82, 2.24) is 9.80 Å². The molecule has 2 aromatic carbocycles. The van der Waals surface area contributed by atoms with Crippen molar-refractivity contribution in [1.29, 1.82) is 5.26 Å². The van der Waals surface area contributed by atoms with Crippen LogP contribution in [0.2, 0.25) is 5.02 Å². The second-order valence-corrected chi connectivity index (χ2v) is 10.6. The van der Waals surface area contributed by atoms with Gasteiger partial charge in [-0.3, -0.25) is 4.79 Å². The molecule has 196 valence electrons. The molecule has 0 N–H and O–H groups in total. The minimum atomic E-state index is -1.29. The molecule has 1 aliphatic rings. The molecule has 1 heterocycles. The molecule has 10 heteroatoms. The summed E-state index contributed by atoms with van der Waals surface area (Å²) in [5, 5.41) is 9.52. The van der Waals surface area contributed by atoms with E-state index in [1.54, 1.807) is 52.1 Å². The standard InChI is InChI=1S/C27H30ClFN4O4/c1-26(2,3)37-25(36)32-12-11-27(17-32,18-34)33(15-19-5-8-21(28)9-6-19)24(35)16-31(4)23-10-7-20(14-30)13-22(23)29/h5-10,13,18H,11-12,15-17H2,1-4H3. The van der Waals surface area contributed by atoms with Gasteiger partial charge in [0.15, 0.2) is 0 Å². The van der Waals surface area contributed by atoms with Crippen LogP contribution in [0.1, 0.15) is 38.3 Å². The van der Waals surface area contributed by atoms with Crippen molar-refractivity contribution >= 4 is 35.6 Å². The molecule has 0 aromatic heterocycles. The lowest BCUT2D eigenvalue weighted by Gasteiger charge is -2.38. The van der Waals surface area contributed by atoms with Crippen molar-refractivity contribution < 1.29 is 23.5 Å². The SMILES string of the molecule is CN(CC(=O)N(Cc1ccc(Cl)cc1)C1(C=O)CCN(C(=O)OC(C)(C)C)C1)c1ccc(C#N)cc1F. The average molecular weight is 529 g/mol. The first kappa shape index (κ1) is 27.9. The van der Waals surface area contributed by atoms with Crippen LogP contribution in [0.15, 0.2) is 42.5 Å². The van der Waals surface area contributed by atoms with E-state index in [1.165, 1.54) is 26.8 Å². The summed E-state index contributed by atoms with van der Waals surface area (Å²) < 4.78 is 20.1. The van der Waals surface area contributed by atoms with Crippen molar-refractivity contribution in [3.05, 3.63) is 64.4 Å². The predicted octanol–water partition coefficient (Wildman–Crippen LogP) is 4.39. The lowest BCUT2D eigenvalue weighted by molar-refractivity contribution is -0.141.